The molecule has 1 aromatic carbocycles. The second-order valence-electron chi connectivity index (χ2n) is 4.34. The molecule has 0 aliphatic rings. The summed E-state index contributed by atoms with van der Waals surface area (Å²) in [5.74, 6) is -0.245. The molecule has 0 spiro atoms. The lowest BCUT2D eigenvalue weighted by Crippen LogP contribution is -2.39. The van der Waals surface area contributed by atoms with Crippen molar-refractivity contribution in [2.24, 2.45) is 11.1 Å². The first-order valence-electron chi connectivity index (χ1n) is 5.10. The van der Waals surface area contributed by atoms with E-state index in [1.54, 1.807) is 19.1 Å². The third kappa shape index (κ3) is 3.01. The van der Waals surface area contributed by atoms with Gasteiger partial charge in [0, 0.05) is 12.0 Å². The molecule has 0 aliphatic heterocycles. The van der Waals surface area contributed by atoms with E-state index in [-0.39, 0.29) is 11.2 Å². The van der Waals surface area contributed by atoms with Gasteiger partial charge in [-0.3, -0.25) is 0 Å². The molecular weight excluding hydrogens is 193 g/mol. The lowest BCUT2D eigenvalue weighted by Gasteiger charge is -2.31. The molecule has 0 bridgehead atoms. The van der Waals surface area contributed by atoms with Gasteiger partial charge in [-0.25, -0.2) is 4.39 Å². The van der Waals surface area contributed by atoms with Crippen LogP contribution < -0.4 is 5.73 Å². The molecule has 1 rings (SSSR count). The van der Waals surface area contributed by atoms with Crippen molar-refractivity contribution in [2.45, 2.75) is 26.4 Å². The minimum absolute atomic E-state index is 0.245. The van der Waals surface area contributed by atoms with Crippen molar-refractivity contribution >= 4 is 0 Å². The van der Waals surface area contributed by atoms with Gasteiger partial charge in [-0.15, -0.1) is 0 Å². The maximum absolute atomic E-state index is 12.7. The van der Waals surface area contributed by atoms with Crippen LogP contribution in [0.4, 0.5) is 4.39 Å². The average molecular weight is 211 g/mol. The van der Waals surface area contributed by atoms with Gasteiger partial charge in [-0.05, 0) is 31.0 Å². The van der Waals surface area contributed by atoms with Crippen LogP contribution in [0.5, 0.6) is 0 Å². The van der Waals surface area contributed by atoms with Gasteiger partial charge in [-0.2, -0.15) is 0 Å². The maximum Gasteiger partial charge on any atom is 0.123 e. The minimum atomic E-state index is -0.479. The molecule has 3 N–H and O–H groups in total. The van der Waals surface area contributed by atoms with E-state index in [9.17, 15) is 9.50 Å². The van der Waals surface area contributed by atoms with Gasteiger partial charge in [0.1, 0.15) is 5.82 Å². The fourth-order valence-corrected chi connectivity index (χ4v) is 1.46. The number of rotatable bonds is 4. The number of nitrogens with two attached hydrogens (primary N) is 1. The van der Waals surface area contributed by atoms with Crippen LogP contribution >= 0.6 is 0 Å². The van der Waals surface area contributed by atoms with E-state index >= 15 is 0 Å². The molecule has 2 unspecified atom stereocenters. The number of hydrogen-bond donors (Lipinski definition) is 2. The van der Waals surface area contributed by atoms with E-state index < -0.39 is 6.10 Å². The zero-order chi connectivity index (χ0) is 11.5. The molecule has 0 saturated carbocycles. The quantitative estimate of drug-likeness (QED) is 0.796. The van der Waals surface area contributed by atoms with Crippen molar-refractivity contribution in [1.82, 2.24) is 0 Å². The van der Waals surface area contributed by atoms with Crippen LogP contribution in [0.1, 0.15) is 19.4 Å². The molecule has 0 aliphatic carbocycles. The summed E-state index contributed by atoms with van der Waals surface area (Å²) in [4.78, 5) is 0. The number of halogens is 1. The lowest BCUT2D eigenvalue weighted by atomic mass is 9.79. The Morgan fingerprint density at radius 3 is 2.33 bits per heavy atom. The van der Waals surface area contributed by atoms with Crippen LogP contribution in [0.25, 0.3) is 0 Å². The van der Waals surface area contributed by atoms with Crippen molar-refractivity contribution in [3.05, 3.63) is 35.6 Å². The first-order chi connectivity index (χ1) is 6.98. The molecule has 0 aromatic heterocycles. The Balaban J connectivity index is 2.79. The van der Waals surface area contributed by atoms with Crippen molar-refractivity contribution in [3.8, 4) is 0 Å². The van der Waals surface area contributed by atoms with E-state index in [0.717, 1.165) is 5.56 Å². The Bertz CT molecular complexity index is 310. The SMILES string of the molecule is CC(O)C(C)(CN)Cc1ccc(F)cc1. The summed E-state index contributed by atoms with van der Waals surface area (Å²) >= 11 is 0. The molecular formula is C12H18FNO. The van der Waals surface area contributed by atoms with Crippen LogP contribution in [0, 0.1) is 11.2 Å². The average Bonchev–Trinajstić information content (AvgIpc) is 2.21. The first kappa shape index (κ1) is 12.1. The summed E-state index contributed by atoms with van der Waals surface area (Å²) in [5.41, 5.74) is 6.29. The third-order valence-electron chi connectivity index (χ3n) is 3.00. The Kier molecular flexibility index (Phi) is 3.83. The van der Waals surface area contributed by atoms with Crippen LogP contribution in [0.3, 0.4) is 0 Å². The highest BCUT2D eigenvalue weighted by Gasteiger charge is 2.28. The van der Waals surface area contributed by atoms with E-state index in [2.05, 4.69) is 0 Å². The molecule has 84 valence electrons. The number of aliphatic hydroxyl groups is 1. The molecule has 15 heavy (non-hydrogen) atoms. The highest BCUT2D eigenvalue weighted by Crippen LogP contribution is 2.25. The van der Waals surface area contributed by atoms with Gasteiger partial charge in [0.25, 0.3) is 0 Å². The molecule has 0 amide bonds. The van der Waals surface area contributed by atoms with Crippen LogP contribution in [0.2, 0.25) is 0 Å². The Morgan fingerprint density at radius 2 is 1.93 bits per heavy atom. The number of benzene rings is 1. The van der Waals surface area contributed by atoms with Gasteiger partial charge in [-0.1, -0.05) is 19.1 Å². The summed E-state index contributed by atoms with van der Waals surface area (Å²) in [7, 11) is 0. The van der Waals surface area contributed by atoms with Gasteiger partial charge in [0.15, 0.2) is 0 Å². The van der Waals surface area contributed by atoms with Crippen LogP contribution in [-0.4, -0.2) is 17.8 Å². The van der Waals surface area contributed by atoms with Gasteiger partial charge >= 0.3 is 0 Å². The molecule has 1 aromatic rings. The highest BCUT2D eigenvalue weighted by atomic mass is 19.1. The molecule has 3 heteroatoms. The molecule has 0 radical (unpaired) electrons. The summed E-state index contributed by atoms with van der Waals surface area (Å²) in [5, 5.41) is 9.63. The summed E-state index contributed by atoms with van der Waals surface area (Å²) in [6.45, 7) is 4.07. The van der Waals surface area contributed by atoms with E-state index in [0.29, 0.717) is 13.0 Å². The normalized spacial score (nSPS) is 17.1. The molecule has 2 nitrogen and oxygen atoms in total. The highest BCUT2D eigenvalue weighted by molar-refractivity contribution is 5.18. The summed E-state index contributed by atoms with van der Waals surface area (Å²) < 4.78 is 12.7. The summed E-state index contributed by atoms with van der Waals surface area (Å²) in [6.07, 6.45) is 0.175. The second kappa shape index (κ2) is 4.73. The first-order valence-corrected chi connectivity index (χ1v) is 5.10. The number of hydrogen-bond acceptors (Lipinski definition) is 2. The third-order valence-corrected chi connectivity index (χ3v) is 3.00. The maximum atomic E-state index is 12.7. The number of aliphatic hydroxyl groups excluding tert-OH is 1. The predicted molar refractivity (Wildman–Crippen MR) is 58.9 cm³/mol. The van der Waals surface area contributed by atoms with Crippen LogP contribution in [0.15, 0.2) is 24.3 Å². The Labute approximate surface area is 89.9 Å². The Morgan fingerprint density at radius 1 is 1.40 bits per heavy atom. The molecule has 2 atom stereocenters. The standard InChI is InChI=1S/C12H18FNO/c1-9(15)12(2,8-14)7-10-3-5-11(13)6-4-10/h3-6,9,15H,7-8,14H2,1-2H3. The monoisotopic (exact) mass is 211 g/mol. The van der Waals surface area contributed by atoms with Crippen molar-refractivity contribution in [1.29, 1.82) is 0 Å². The van der Waals surface area contributed by atoms with Gasteiger partial charge in [0.2, 0.25) is 0 Å². The second-order valence-corrected chi connectivity index (χ2v) is 4.34. The van der Waals surface area contributed by atoms with E-state index in [1.165, 1.54) is 12.1 Å². The smallest absolute Gasteiger partial charge is 0.123 e. The van der Waals surface area contributed by atoms with Gasteiger partial charge in [0.05, 0.1) is 6.10 Å². The topological polar surface area (TPSA) is 46.2 Å². The van der Waals surface area contributed by atoms with Crippen molar-refractivity contribution < 1.29 is 9.50 Å². The van der Waals surface area contributed by atoms with E-state index in [4.69, 9.17) is 5.73 Å². The largest absolute Gasteiger partial charge is 0.393 e. The van der Waals surface area contributed by atoms with Crippen molar-refractivity contribution in [2.75, 3.05) is 6.54 Å². The molecule has 0 fully saturated rings. The van der Waals surface area contributed by atoms with Crippen LogP contribution in [-0.2, 0) is 6.42 Å². The fraction of sp³-hybridized carbons (Fsp3) is 0.500. The minimum Gasteiger partial charge on any atom is -0.393 e. The predicted octanol–water partition coefficient (Wildman–Crippen LogP) is 1.71. The zero-order valence-electron chi connectivity index (χ0n) is 9.20. The Hall–Kier alpha value is -0.930. The zero-order valence-corrected chi connectivity index (χ0v) is 9.20. The fourth-order valence-electron chi connectivity index (χ4n) is 1.46. The molecule has 0 saturated heterocycles. The van der Waals surface area contributed by atoms with Gasteiger partial charge < -0.3 is 10.8 Å². The van der Waals surface area contributed by atoms with Crippen molar-refractivity contribution in [3.63, 3.8) is 0 Å². The lowest BCUT2D eigenvalue weighted by molar-refractivity contribution is 0.0589. The van der Waals surface area contributed by atoms with E-state index in [1.807, 2.05) is 6.92 Å². The summed E-state index contributed by atoms with van der Waals surface area (Å²) in [6, 6.07) is 6.31. The molecule has 0 heterocycles.